The number of nitrogens with zero attached hydrogens (tertiary/aromatic N) is 1. The molecule has 4 aliphatic rings. The number of hydrogen-bond acceptors (Lipinski definition) is 3. The van der Waals surface area contributed by atoms with Gasteiger partial charge in [0.2, 0.25) is 0 Å². The first-order chi connectivity index (χ1) is 11.1. The van der Waals surface area contributed by atoms with Gasteiger partial charge in [0, 0.05) is 24.9 Å². The summed E-state index contributed by atoms with van der Waals surface area (Å²) >= 11 is 1.90. The highest BCUT2D eigenvalue weighted by molar-refractivity contribution is 7.99. The van der Waals surface area contributed by atoms with Crippen LogP contribution in [-0.2, 0) is 4.74 Å². The fourth-order valence-electron chi connectivity index (χ4n) is 4.18. The Hall–Kier alpha value is -0.560. The SMILES string of the molecule is O=C(NC[C@]12OCCC[C@H]1C2(F)F)N1CCCSCC1C1CC1. The van der Waals surface area contributed by atoms with Crippen molar-refractivity contribution in [1.82, 2.24) is 10.2 Å². The third-order valence-corrected chi connectivity index (χ3v) is 6.94. The molecular weight excluding hydrogens is 322 g/mol. The van der Waals surface area contributed by atoms with Gasteiger partial charge in [-0.25, -0.2) is 13.6 Å². The predicted molar refractivity (Wildman–Crippen MR) is 84.9 cm³/mol. The standard InChI is InChI=1S/C16H24F2N2O2S/c17-16(18)13-3-1-7-22-15(13,16)10-19-14(21)20-6-2-8-23-9-12(20)11-4-5-11/h11-13H,1-10H2,(H,19,21)/t12?,13-,15+/m1/s1. The van der Waals surface area contributed by atoms with Crippen molar-refractivity contribution in [2.45, 2.75) is 49.7 Å². The van der Waals surface area contributed by atoms with Crippen LogP contribution < -0.4 is 5.32 Å². The van der Waals surface area contributed by atoms with Gasteiger partial charge in [0.25, 0.3) is 5.92 Å². The van der Waals surface area contributed by atoms with Crippen molar-refractivity contribution in [2.75, 3.05) is 31.2 Å². The van der Waals surface area contributed by atoms with Gasteiger partial charge in [-0.05, 0) is 43.8 Å². The number of rotatable bonds is 3. The lowest BCUT2D eigenvalue weighted by Gasteiger charge is -2.31. The molecular formula is C16H24F2N2O2S. The third kappa shape index (κ3) is 2.64. The summed E-state index contributed by atoms with van der Waals surface area (Å²) in [5.74, 6) is -0.867. The zero-order valence-corrected chi connectivity index (χ0v) is 14.0. The Kier molecular flexibility index (Phi) is 3.99. The molecule has 0 radical (unpaired) electrons. The highest BCUT2D eigenvalue weighted by atomic mass is 32.2. The predicted octanol–water partition coefficient (Wildman–Crippen LogP) is 2.73. The van der Waals surface area contributed by atoms with Crippen molar-refractivity contribution >= 4 is 17.8 Å². The number of thioether (sulfide) groups is 1. The smallest absolute Gasteiger partial charge is 0.317 e. The molecule has 2 amide bonds. The molecule has 2 aliphatic heterocycles. The molecule has 7 heteroatoms. The van der Waals surface area contributed by atoms with E-state index < -0.39 is 17.4 Å². The molecule has 2 saturated carbocycles. The molecule has 2 heterocycles. The van der Waals surface area contributed by atoms with E-state index >= 15 is 0 Å². The Balaban J connectivity index is 1.39. The fraction of sp³-hybridized carbons (Fsp3) is 0.938. The molecule has 3 atom stereocenters. The molecule has 4 nitrogen and oxygen atoms in total. The maximum absolute atomic E-state index is 14.0. The lowest BCUT2D eigenvalue weighted by Crippen LogP contribution is -2.51. The molecule has 130 valence electrons. The van der Waals surface area contributed by atoms with Crippen molar-refractivity contribution in [1.29, 1.82) is 0 Å². The van der Waals surface area contributed by atoms with Crippen LogP contribution in [0.2, 0.25) is 0 Å². The highest BCUT2D eigenvalue weighted by Crippen LogP contribution is 2.64. The molecule has 0 aromatic carbocycles. The summed E-state index contributed by atoms with van der Waals surface area (Å²) in [6.07, 6.45) is 4.52. The molecule has 0 bridgehead atoms. The van der Waals surface area contributed by atoms with Crippen LogP contribution in [0.4, 0.5) is 13.6 Å². The van der Waals surface area contributed by atoms with Crippen LogP contribution in [0.15, 0.2) is 0 Å². The summed E-state index contributed by atoms with van der Waals surface area (Å²) in [6.45, 7) is 1.03. The molecule has 23 heavy (non-hydrogen) atoms. The topological polar surface area (TPSA) is 41.6 Å². The van der Waals surface area contributed by atoms with Crippen molar-refractivity contribution in [2.24, 2.45) is 11.8 Å². The second-order valence-corrected chi connectivity index (χ2v) is 8.39. The van der Waals surface area contributed by atoms with Gasteiger partial charge in [-0.2, -0.15) is 11.8 Å². The first kappa shape index (κ1) is 15.9. The van der Waals surface area contributed by atoms with Crippen LogP contribution >= 0.6 is 11.8 Å². The molecule has 0 aromatic rings. The first-order valence-corrected chi connectivity index (χ1v) is 9.86. The number of urea groups is 1. The summed E-state index contributed by atoms with van der Waals surface area (Å²) in [5, 5.41) is 2.77. The number of alkyl halides is 2. The van der Waals surface area contributed by atoms with E-state index in [1.165, 1.54) is 12.8 Å². The maximum atomic E-state index is 14.0. The Morgan fingerprint density at radius 2 is 2.13 bits per heavy atom. The quantitative estimate of drug-likeness (QED) is 0.854. The Morgan fingerprint density at radius 1 is 1.30 bits per heavy atom. The van der Waals surface area contributed by atoms with Crippen LogP contribution in [0.3, 0.4) is 0 Å². The van der Waals surface area contributed by atoms with Crippen molar-refractivity contribution in [3.05, 3.63) is 0 Å². The minimum atomic E-state index is -2.79. The van der Waals surface area contributed by atoms with Gasteiger partial charge in [-0.15, -0.1) is 0 Å². The average Bonchev–Trinajstić information content (AvgIpc) is 3.42. The van der Waals surface area contributed by atoms with Crippen LogP contribution in [-0.4, -0.2) is 59.7 Å². The summed E-state index contributed by atoms with van der Waals surface area (Å²) in [7, 11) is 0. The molecule has 0 spiro atoms. The number of nitrogens with one attached hydrogen (secondary N) is 1. The second kappa shape index (κ2) is 5.76. The van der Waals surface area contributed by atoms with E-state index in [0.717, 1.165) is 24.5 Å². The lowest BCUT2D eigenvalue weighted by molar-refractivity contribution is -0.0577. The van der Waals surface area contributed by atoms with E-state index in [1.807, 2.05) is 16.7 Å². The van der Waals surface area contributed by atoms with Gasteiger partial charge in [0.05, 0.1) is 12.5 Å². The minimum Gasteiger partial charge on any atom is -0.366 e. The molecule has 2 aliphatic carbocycles. The number of hydrogen-bond donors (Lipinski definition) is 1. The number of amides is 2. The highest BCUT2D eigenvalue weighted by Gasteiger charge is 2.82. The molecule has 2 saturated heterocycles. The van der Waals surface area contributed by atoms with E-state index in [4.69, 9.17) is 4.74 Å². The van der Waals surface area contributed by atoms with Crippen molar-refractivity contribution in [3.8, 4) is 0 Å². The molecule has 4 rings (SSSR count). The van der Waals surface area contributed by atoms with E-state index in [2.05, 4.69) is 5.32 Å². The van der Waals surface area contributed by atoms with Crippen LogP contribution in [0.1, 0.15) is 32.1 Å². The molecule has 1 unspecified atom stereocenters. The third-order valence-electron chi connectivity index (χ3n) is 5.78. The summed E-state index contributed by atoms with van der Waals surface area (Å²) in [5.41, 5.74) is -1.43. The molecule has 4 fully saturated rings. The van der Waals surface area contributed by atoms with Gasteiger partial charge < -0.3 is 15.0 Å². The number of fused-ring (bicyclic) bond motifs is 1. The number of ether oxygens (including phenoxy) is 1. The zero-order valence-electron chi connectivity index (χ0n) is 13.2. The fourth-order valence-corrected chi connectivity index (χ4v) is 5.37. The Morgan fingerprint density at radius 3 is 2.87 bits per heavy atom. The van der Waals surface area contributed by atoms with E-state index in [9.17, 15) is 13.6 Å². The van der Waals surface area contributed by atoms with Crippen LogP contribution in [0.5, 0.6) is 0 Å². The van der Waals surface area contributed by atoms with E-state index in [0.29, 0.717) is 25.4 Å². The summed E-state index contributed by atoms with van der Waals surface area (Å²) in [4.78, 5) is 14.5. The van der Waals surface area contributed by atoms with Crippen LogP contribution in [0.25, 0.3) is 0 Å². The van der Waals surface area contributed by atoms with Gasteiger partial charge in [-0.1, -0.05) is 0 Å². The number of halogens is 2. The molecule has 1 N–H and O–H groups in total. The largest absolute Gasteiger partial charge is 0.366 e. The van der Waals surface area contributed by atoms with Crippen molar-refractivity contribution in [3.63, 3.8) is 0 Å². The zero-order chi connectivity index (χ0) is 16.1. The van der Waals surface area contributed by atoms with Gasteiger partial charge in [-0.3, -0.25) is 0 Å². The average molecular weight is 346 g/mol. The monoisotopic (exact) mass is 346 g/mol. The van der Waals surface area contributed by atoms with Gasteiger partial charge >= 0.3 is 6.03 Å². The summed E-state index contributed by atoms with van der Waals surface area (Å²) < 4.78 is 33.5. The number of carbonyl (C=O) groups excluding carboxylic acids is 1. The first-order valence-electron chi connectivity index (χ1n) is 8.70. The van der Waals surface area contributed by atoms with Crippen LogP contribution in [0, 0.1) is 11.8 Å². The summed E-state index contributed by atoms with van der Waals surface area (Å²) in [6, 6.07) is 0.0807. The van der Waals surface area contributed by atoms with E-state index in [1.54, 1.807) is 0 Å². The Bertz CT molecular complexity index is 489. The van der Waals surface area contributed by atoms with Gasteiger partial charge in [0.15, 0.2) is 5.60 Å². The van der Waals surface area contributed by atoms with E-state index in [-0.39, 0.29) is 18.6 Å². The van der Waals surface area contributed by atoms with Gasteiger partial charge in [0.1, 0.15) is 0 Å². The minimum absolute atomic E-state index is 0.0650. The molecule has 0 aromatic heterocycles. The van der Waals surface area contributed by atoms with Crippen molar-refractivity contribution < 1.29 is 18.3 Å². The maximum Gasteiger partial charge on any atom is 0.317 e. The Labute approximate surface area is 139 Å². The second-order valence-electron chi connectivity index (χ2n) is 7.24. The lowest BCUT2D eigenvalue weighted by atomic mass is 10.1. The number of carbonyl (C=O) groups is 1. The normalized spacial score (nSPS) is 39.3.